The predicted molar refractivity (Wildman–Crippen MR) is 107 cm³/mol. The van der Waals surface area contributed by atoms with Crippen molar-refractivity contribution in [3.8, 4) is 11.5 Å². The second-order valence-electron chi connectivity index (χ2n) is 7.06. The lowest BCUT2D eigenvalue weighted by Gasteiger charge is -2.46. The number of guanidine groups is 2. The highest BCUT2D eigenvalue weighted by Crippen LogP contribution is 2.41. The van der Waals surface area contributed by atoms with Gasteiger partial charge in [0.2, 0.25) is 11.9 Å². The molecule has 0 atom stereocenters. The largest absolute Gasteiger partial charge is 0.456 e. The third-order valence-corrected chi connectivity index (χ3v) is 5.13. The zero-order valence-corrected chi connectivity index (χ0v) is 15.4. The van der Waals surface area contributed by atoms with Gasteiger partial charge >= 0.3 is 0 Å². The lowest BCUT2D eigenvalue weighted by atomic mass is 9.87. The lowest BCUT2D eigenvalue weighted by Crippen LogP contribution is -2.58. The number of anilines is 1. The number of pyridine rings is 1. The van der Waals surface area contributed by atoms with E-state index in [0.29, 0.717) is 11.7 Å². The molecule has 0 saturated heterocycles. The number of benzene rings is 1. The molecule has 1 aliphatic heterocycles. The van der Waals surface area contributed by atoms with Crippen molar-refractivity contribution in [3.05, 3.63) is 48.3 Å². The Balaban J connectivity index is 1.68. The fourth-order valence-electron chi connectivity index (χ4n) is 3.96. The van der Waals surface area contributed by atoms with Gasteiger partial charge in [0, 0.05) is 11.9 Å². The van der Waals surface area contributed by atoms with E-state index >= 15 is 0 Å². The molecule has 140 valence electrons. The third-order valence-electron chi connectivity index (χ3n) is 5.13. The van der Waals surface area contributed by atoms with Gasteiger partial charge in [0.1, 0.15) is 17.2 Å². The first kappa shape index (κ1) is 17.3. The van der Waals surface area contributed by atoms with Crippen molar-refractivity contribution in [1.29, 1.82) is 0 Å². The molecule has 2 heterocycles. The highest BCUT2D eigenvalue weighted by Gasteiger charge is 2.43. The van der Waals surface area contributed by atoms with Crippen molar-refractivity contribution in [1.82, 2.24) is 4.98 Å². The summed E-state index contributed by atoms with van der Waals surface area (Å²) < 4.78 is 5.89. The maximum atomic E-state index is 6.31. The van der Waals surface area contributed by atoms with Gasteiger partial charge in [-0.1, -0.05) is 6.42 Å². The second-order valence-corrected chi connectivity index (χ2v) is 7.06. The monoisotopic (exact) mass is 364 g/mol. The third kappa shape index (κ3) is 3.32. The molecule has 1 aromatic heterocycles. The van der Waals surface area contributed by atoms with E-state index in [4.69, 9.17) is 21.2 Å². The summed E-state index contributed by atoms with van der Waals surface area (Å²) in [5.41, 5.74) is 13.8. The molecule has 7 heteroatoms. The van der Waals surface area contributed by atoms with Gasteiger partial charge in [0.25, 0.3) is 0 Å². The summed E-state index contributed by atoms with van der Waals surface area (Å²) in [5.74, 6) is 2.11. The summed E-state index contributed by atoms with van der Waals surface area (Å²) in [6.45, 7) is 2.04. The highest BCUT2D eigenvalue weighted by atomic mass is 16.5. The van der Waals surface area contributed by atoms with E-state index < -0.39 is 5.66 Å². The van der Waals surface area contributed by atoms with Crippen LogP contribution in [-0.2, 0) is 0 Å². The van der Waals surface area contributed by atoms with Crippen LogP contribution in [0.15, 0.2) is 52.7 Å². The average molecular weight is 364 g/mol. The summed E-state index contributed by atoms with van der Waals surface area (Å²) in [5, 5.41) is 0. The van der Waals surface area contributed by atoms with Gasteiger partial charge in [-0.2, -0.15) is 4.99 Å². The van der Waals surface area contributed by atoms with Crippen molar-refractivity contribution in [2.24, 2.45) is 21.5 Å². The fraction of sp³-hybridized carbons (Fsp3) is 0.350. The van der Waals surface area contributed by atoms with Crippen molar-refractivity contribution in [3.63, 3.8) is 0 Å². The zero-order chi connectivity index (χ0) is 18.9. The number of nitrogens with two attached hydrogens (primary N) is 2. The van der Waals surface area contributed by atoms with E-state index in [2.05, 4.69) is 9.98 Å². The SMILES string of the molecule is Cc1cc(Oc2cccnc2)ccc1N1C(N)=NC(N)=NC12CCCCC2. The fourth-order valence-corrected chi connectivity index (χ4v) is 3.96. The molecule has 1 saturated carbocycles. The molecule has 0 radical (unpaired) electrons. The van der Waals surface area contributed by atoms with E-state index in [9.17, 15) is 0 Å². The van der Waals surface area contributed by atoms with Gasteiger partial charge in [0.05, 0.1) is 6.20 Å². The first-order chi connectivity index (χ1) is 13.1. The summed E-state index contributed by atoms with van der Waals surface area (Å²) in [7, 11) is 0. The molecule has 2 aliphatic rings. The predicted octanol–water partition coefficient (Wildman–Crippen LogP) is 3.29. The quantitative estimate of drug-likeness (QED) is 0.870. The average Bonchev–Trinajstić information content (AvgIpc) is 2.64. The van der Waals surface area contributed by atoms with E-state index in [1.165, 1.54) is 6.42 Å². The van der Waals surface area contributed by atoms with Crippen LogP contribution in [0.2, 0.25) is 0 Å². The second kappa shape index (κ2) is 6.90. The Hall–Kier alpha value is -3.09. The van der Waals surface area contributed by atoms with E-state index in [0.717, 1.165) is 42.7 Å². The summed E-state index contributed by atoms with van der Waals surface area (Å²) in [6.07, 6.45) is 8.64. The zero-order valence-electron chi connectivity index (χ0n) is 15.4. The number of ether oxygens (including phenoxy) is 1. The number of nitrogens with zero attached hydrogens (tertiary/aromatic N) is 4. The number of rotatable bonds is 3. The molecule has 1 spiro atoms. The van der Waals surface area contributed by atoms with Gasteiger partial charge in [-0.25, -0.2) is 4.99 Å². The Morgan fingerprint density at radius 3 is 2.59 bits per heavy atom. The molecule has 1 aromatic carbocycles. The smallest absolute Gasteiger partial charge is 0.220 e. The van der Waals surface area contributed by atoms with Crippen LogP contribution in [0.4, 0.5) is 5.69 Å². The van der Waals surface area contributed by atoms with Crippen LogP contribution in [0.5, 0.6) is 11.5 Å². The van der Waals surface area contributed by atoms with E-state index in [-0.39, 0.29) is 5.96 Å². The van der Waals surface area contributed by atoms with Gasteiger partial charge < -0.3 is 16.2 Å². The van der Waals surface area contributed by atoms with Crippen LogP contribution < -0.4 is 21.1 Å². The maximum Gasteiger partial charge on any atom is 0.220 e. The first-order valence-electron chi connectivity index (χ1n) is 9.26. The number of aliphatic imine (C=N–C) groups is 2. The number of aryl methyl sites for hydroxylation is 1. The summed E-state index contributed by atoms with van der Waals surface area (Å²) >= 11 is 0. The summed E-state index contributed by atoms with van der Waals surface area (Å²) in [6, 6.07) is 9.65. The van der Waals surface area contributed by atoms with Crippen molar-refractivity contribution >= 4 is 17.6 Å². The van der Waals surface area contributed by atoms with E-state index in [1.807, 2.05) is 42.2 Å². The maximum absolute atomic E-state index is 6.31. The minimum atomic E-state index is -0.440. The molecule has 1 aliphatic carbocycles. The lowest BCUT2D eigenvalue weighted by molar-refractivity contribution is 0.305. The molecule has 0 bridgehead atoms. The standard InChI is InChI=1S/C20H24N6O/c1-14-12-15(27-16-6-5-11-23-13-16)7-8-17(14)26-19(22)24-18(21)25-20(26)9-3-2-4-10-20/h5-8,11-13H,2-4,9-10H2,1H3,(H4,21,22,24,25). The Morgan fingerprint density at radius 1 is 1.07 bits per heavy atom. The van der Waals surface area contributed by atoms with Crippen LogP contribution in [0.25, 0.3) is 0 Å². The topological polar surface area (TPSA) is 102 Å². The van der Waals surface area contributed by atoms with Gasteiger partial charge in [-0.3, -0.25) is 9.88 Å². The molecule has 0 unspecified atom stereocenters. The van der Waals surface area contributed by atoms with Gasteiger partial charge in [-0.15, -0.1) is 0 Å². The summed E-state index contributed by atoms with van der Waals surface area (Å²) in [4.78, 5) is 15.1. The number of hydrogen-bond donors (Lipinski definition) is 2. The minimum Gasteiger partial charge on any atom is -0.456 e. The molecule has 7 nitrogen and oxygen atoms in total. The van der Waals surface area contributed by atoms with Crippen molar-refractivity contribution in [2.75, 3.05) is 4.90 Å². The van der Waals surface area contributed by atoms with Gasteiger partial charge in [-0.05, 0) is 68.5 Å². The van der Waals surface area contributed by atoms with Crippen molar-refractivity contribution in [2.45, 2.75) is 44.7 Å². The van der Waals surface area contributed by atoms with Crippen molar-refractivity contribution < 1.29 is 4.74 Å². The van der Waals surface area contributed by atoms with Crippen LogP contribution in [0, 0.1) is 6.92 Å². The molecular formula is C20H24N6O. The van der Waals surface area contributed by atoms with Crippen LogP contribution in [0.3, 0.4) is 0 Å². The minimum absolute atomic E-state index is 0.264. The Bertz CT molecular complexity index is 887. The molecule has 2 aromatic rings. The Morgan fingerprint density at radius 2 is 1.89 bits per heavy atom. The van der Waals surface area contributed by atoms with Crippen LogP contribution in [-0.4, -0.2) is 22.6 Å². The van der Waals surface area contributed by atoms with Crippen LogP contribution in [0.1, 0.15) is 37.7 Å². The van der Waals surface area contributed by atoms with Gasteiger partial charge in [0.15, 0.2) is 0 Å². The normalized spacial score (nSPS) is 18.8. The molecule has 4 N–H and O–H groups in total. The Kier molecular flexibility index (Phi) is 4.43. The molecule has 1 fully saturated rings. The molecule has 0 amide bonds. The molecule has 4 rings (SSSR count). The van der Waals surface area contributed by atoms with Crippen LogP contribution >= 0.6 is 0 Å². The number of hydrogen-bond acceptors (Lipinski definition) is 7. The molecule has 27 heavy (non-hydrogen) atoms. The van der Waals surface area contributed by atoms with E-state index in [1.54, 1.807) is 12.4 Å². The first-order valence-corrected chi connectivity index (χ1v) is 9.26. The highest BCUT2D eigenvalue weighted by molar-refractivity contribution is 6.06. The number of aromatic nitrogens is 1. The Labute approximate surface area is 158 Å². The molecular weight excluding hydrogens is 340 g/mol.